The van der Waals surface area contributed by atoms with Gasteiger partial charge in [-0.15, -0.1) is 0 Å². The van der Waals surface area contributed by atoms with Crippen molar-refractivity contribution in [3.8, 4) is 0 Å². The highest BCUT2D eigenvalue weighted by molar-refractivity contribution is 5.98. The van der Waals surface area contributed by atoms with Gasteiger partial charge in [-0.25, -0.2) is 0 Å². The summed E-state index contributed by atoms with van der Waals surface area (Å²) in [6, 6.07) is 0. The molecule has 3 rings (SSSR count). The Bertz CT molecular complexity index is 452. The Morgan fingerprint density at radius 3 is 2.71 bits per heavy atom. The van der Waals surface area contributed by atoms with Gasteiger partial charge in [0.1, 0.15) is 11.3 Å². The summed E-state index contributed by atoms with van der Waals surface area (Å²) in [5.41, 5.74) is 5.85. The van der Waals surface area contributed by atoms with Gasteiger partial charge >= 0.3 is 0 Å². The Balaban J connectivity index is 1.73. The van der Waals surface area contributed by atoms with Gasteiger partial charge in [0.05, 0.1) is 25.0 Å². The molecule has 0 radical (unpaired) electrons. The molecule has 0 spiro atoms. The summed E-state index contributed by atoms with van der Waals surface area (Å²) in [4.78, 5) is 13.8. The summed E-state index contributed by atoms with van der Waals surface area (Å²) < 4.78 is 1.48. The Labute approximate surface area is 99.0 Å². The van der Waals surface area contributed by atoms with Gasteiger partial charge in [0.15, 0.2) is 0 Å². The fourth-order valence-corrected chi connectivity index (χ4v) is 2.50. The summed E-state index contributed by atoms with van der Waals surface area (Å²) in [5.74, 6) is 0.239. The quantitative estimate of drug-likeness (QED) is 0.731. The molecule has 6 heteroatoms. The van der Waals surface area contributed by atoms with E-state index < -0.39 is 5.60 Å². The number of aryl methyl sites for hydroxylation is 1. The SMILES string of the molecule is Cn1ncc(N)c1C(=O)N1CC(O)(C2CC2)C1. The van der Waals surface area contributed by atoms with Crippen molar-refractivity contribution in [3.63, 3.8) is 0 Å². The Kier molecular flexibility index (Phi) is 2.01. The van der Waals surface area contributed by atoms with Crippen LogP contribution in [0.25, 0.3) is 0 Å². The summed E-state index contributed by atoms with van der Waals surface area (Å²) in [7, 11) is 1.69. The predicted octanol–water partition coefficient (Wildman–Crippen LogP) is -0.401. The molecule has 2 aliphatic rings. The molecule has 17 heavy (non-hydrogen) atoms. The first-order valence-electron chi connectivity index (χ1n) is 5.80. The van der Waals surface area contributed by atoms with E-state index in [1.165, 1.54) is 10.9 Å². The van der Waals surface area contributed by atoms with Gasteiger partial charge in [-0.3, -0.25) is 9.48 Å². The lowest BCUT2D eigenvalue weighted by Crippen LogP contribution is -2.64. The lowest BCUT2D eigenvalue weighted by Gasteiger charge is -2.46. The van der Waals surface area contributed by atoms with E-state index in [0.29, 0.717) is 30.4 Å². The predicted molar refractivity (Wildman–Crippen MR) is 61.2 cm³/mol. The van der Waals surface area contributed by atoms with Gasteiger partial charge in [0.25, 0.3) is 5.91 Å². The van der Waals surface area contributed by atoms with Crippen molar-refractivity contribution in [2.75, 3.05) is 18.8 Å². The van der Waals surface area contributed by atoms with Crippen molar-refractivity contribution >= 4 is 11.6 Å². The molecule has 1 saturated heterocycles. The number of aromatic nitrogens is 2. The second-order valence-electron chi connectivity index (χ2n) is 5.11. The van der Waals surface area contributed by atoms with Gasteiger partial charge < -0.3 is 15.7 Å². The molecule has 2 fully saturated rings. The lowest BCUT2D eigenvalue weighted by atomic mass is 9.88. The van der Waals surface area contributed by atoms with Crippen LogP contribution < -0.4 is 5.73 Å². The van der Waals surface area contributed by atoms with Crippen LogP contribution >= 0.6 is 0 Å². The van der Waals surface area contributed by atoms with Crippen LogP contribution in [0, 0.1) is 5.92 Å². The number of carbonyl (C=O) groups is 1. The van der Waals surface area contributed by atoms with Crippen LogP contribution in [0.2, 0.25) is 0 Å². The van der Waals surface area contributed by atoms with Crippen molar-refractivity contribution in [2.24, 2.45) is 13.0 Å². The first-order chi connectivity index (χ1) is 8.01. The highest BCUT2D eigenvalue weighted by Gasteiger charge is 2.53. The molecule has 0 unspecified atom stereocenters. The molecule has 0 atom stereocenters. The Hall–Kier alpha value is -1.56. The van der Waals surface area contributed by atoms with Crippen molar-refractivity contribution in [1.82, 2.24) is 14.7 Å². The minimum atomic E-state index is -0.650. The zero-order valence-corrected chi connectivity index (χ0v) is 9.76. The fourth-order valence-electron chi connectivity index (χ4n) is 2.50. The van der Waals surface area contributed by atoms with Gasteiger partial charge in [0.2, 0.25) is 0 Å². The average molecular weight is 236 g/mol. The largest absolute Gasteiger partial charge is 0.396 e. The molecule has 1 aliphatic carbocycles. The molecule has 1 saturated carbocycles. The number of aliphatic hydroxyl groups is 1. The molecular formula is C11H16N4O2. The van der Waals surface area contributed by atoms with E-state index in [1.54, 1.807) is 11.9 Å². The monoisotopic (exact) mass is 236 g/mol. The molecule has 1 amide bonds. The first kappa shape index (κ1) is 10.6. The highest BCUT2D eigenvalue weighted by Crippen LogP contribution is 2.44. The van der Waals surface area contributed by atoms with Gasteiger partial charge in [-0.1, -0.05) is 0 Å². The summed E-state index contributed by atoms with van der Waals surface area (Å²) in [5, 5.41) is 14.1. The summed E-state index contributed by atoms with van der Waals surface area (Å²) in [6.45, 7) is 0.836. The smallest absolute Gasteiger partial charge is 0.274 e. The van der Waals surface area contributed by atoms with Crippen molar-refractivity contribution in [1.29, 1.82) is 0 Å². The molecule has 3 N–H and O–H groups in total. The fraction of sp³-hybridized carbons (Fsp3) is 0.636. The zero-order chi connectivity index (χ0) is 12.2. The van der Waals surface area contributed by atoms with Crippen LogP contribution in [0.1, 0.15) is 23.3 Å². The number of β-amino-alcohol motifs (C(OH)–C–C–N with tert-alkyl or cyclic N) is 1. The van der Waals surface area contributed by atoms with E-state index in [-0.39, 0.29) is 5.91 Å². The second-order valence-corrected chi connectivity index (χ2v) is 5.11. The van der Waals surface area contributed by atoms with E-state index in [9.17, 15) is 9.90 Å². The molecule has 1 aromatic heterocycles. The molecule has 6 nitrogen and oxygen atoms in total. The topological polar surface area (TPSA) is 84.4 Å². The minimum Gasteiger partial charge on any atom is -0.396 e. The number of anilines is 1. The van der Waals surface area contributed by atoms with Crippen LogP contribution in [0.15, 0.2) is 6.20 Å². The van der Waals surface area contributed by atoms with E-state index in [4.69, 9.17) is 5.73 Å². The summed E-state index contributed by atoms with van der Waals surface area (Å²) in [6.07, 6.45) is 3.62. The summed E-state index contributed by atoms with van der Waals surface area (Å²) >= 11 is 0. The second kappa shape index (κ2) is 3.22. The molecule has 0 bridgehead atoms. The van der Waals surface area contributed by atoms with E-state index >= 15 is 0 Å². The number of nitrogens with two attached hydrogens (primary N) is 1. The van der Waals surface area contributed by atoms with Crippen molar-refractivity contribution in [3.05, 3.63) is 11.9 Å². The van der Waals surface area contributed by atoms with Crippen LogP contribution in [-0.4, -0.2) is 44.4 Å². The average Bonchev–Trinajstić information content (AvgIpc) is 3.01. The third-order valence-electron chi connectivity index (χ3n) is 3.72. The minimum absolute atomic E-state index is 0.146. The van der Waals surface area contributed by atoms with Gasteiger partial charge in [-0.2, -0.15) is 5.10 Å². The third-order valence-corrected chi connectivity index (χ3v) is 3.72. The molecule has 0 aromatic carbocycles. The third kappa shape index (κ3) is 1.51. The maximum atomic E-state index is 12.1. The van der Waals surface area contributed by atoms with Crippen molar-refractivity contribution < 1.29 is 9.90 Å². The molecule has 1 aliphatic heterocycles. The normalized spacial score (nSPS) is 22.4. The maximum absolute atomic E-state index is 12.1. The molecule has 1 aromatic rings. The number of nitrogen functional groups attached to an aromatic ring is 1. The number of amides is 1. The van der Waals surface area contributed by atoms with Crippen LogP contribution in [0.4, 0.5) is 5.69 Å². The van der Waals surface area contributed by atoms with E-state index in [1.807, 2.05) is 0 Å². The molecule has 2 heterocycles. The van der Waals surface area contributed by atoms with E-state index in [0.717, 1.165) is 12.8 Å². The Morgan fingerprint density at radius 2 is 2.24 bits per heavy atom. The van der Waals surface area contributed by atoms with Gasteiger partial charge in [-0.05, 0) is 18.8 Å². The number of hydrogen-bond acceptors (Lipinski definition) is 4. The van der Waals surface area contributed by atoms with Gasteiger partial charge in [0, 0.05) is 7.05 Å². The standard InChI is InChI=1S/C11H16N4O2/c1-14-9(8(12)4-13-14)10(16)15-5-11(17,6-15)7-2-3-7/h4,7,17H,2-3,5-6,12H2,1H3. The number of rotatable bonds is 2. The zero-order valence-electron chi connectivity index (χ0n) is 9.76. The number of likely N-dealkylation sites (tertiary alicyclic amines) is 1. The first-order valence-corrected chi connectivity index (χ1v) is 5.80. The lowest BCUT2D eigenvalue weighted by molar-refractivity contribution is -0.0960. The number of carbonyl (C=O) groups excluding carboxylic acids is 1. The van der Waals surface area contributed by atoms with E-state index in [2.05, 4.69) is 5.10 Å². The van der Waals surface area contributed by atoms with Crippen LogP contribution in [0.5, 0.6) is 0 Å². The van der Waals surface area contributed by atoms with Crippen LogP contribution in [0.3, 0.4) is 0 Å². The molecule has 92 valence electrons. The Morgan fingerprint density at radius 1 is 1.59 bits per heavy atom. The number of hydrogen-bond donors (Lipinski definition) is 2. The van der Waals surface area contributed by atoms with Crippen molar-refractivity contribution in [2.45, 2.75) is 18.4 Å². The maximum Gasteiger partial charge on any atom is 0.274 e. The number of nitrogens with zero attached hydrogens (tertiary/aromatic N) is 3. The highest BCUT2D eigenvalue weighted by atomic mass is 16.3. The van der Waals surface area contributed by atoms with Crippen LogP contribution in [-0.2, 0) is 7.05 Å². The molecular weight excluding hydrogens is 220 g/mol.